The van der Waals surface area contributed by atoms with E-state index in [1.807, 2.05) is 6.07 Å². The van der Waals surface area contributed by atoms with E-state index in [4.69, 9.17) is 5.11 Å². The number of aliphatic hydroxyl groups excluding tert-OH is 1. The lowest BCUT2D eigenvalue weighted by Crippen LogP contribution is -2.15. The van der Waals surface area contributed by atoms with Crippen LogP contribution < -0.4 is 5.32 Å². The topological polar surface area (TPSA) is 58.6 Å². The molecule has 82 valence electrons. The molecule has 4 heteroatoms. The van der Waals surface area contributed by atoms with E-state index in [9.17, 15) is 4.79 Å². The molecule has 0 aliphatic heterocycles. The van der Waals surface area contributed by atoms with Crippen LogP contribution in [0.3, 0.4) is 0 Å². The summed E-state index contributed by atoms with van der Waals surface area (Å²) in [5.41, 5.74) is 1.28. The molecule has 0 saturated carbocycles. The van der Waals surface area contributed by atoms with Crippen molar-refractivity contribution < 1.29 is 14.6 Å². The highest BCUT2D eigenvalue weighted by Crippen LogP contribution is 2.11. The lowest BCUT2D eigenvalue weighted by molar-refractivity contribution is 0.0601. The molecule has 0 aromatic heterocycles. The van der Waals surface area contributed by atoms with Crippen LogP contribution in [0.1, 0.15) is 17.3 Å². The van der Waals surface area contributed by atoms with Crippen molar-refractivity contribution in [2.75, 3.05) is 19.0 Å². The maximum absolute atomic E-state index is 11.2. The smallest absolute Gasteiger partial charge is 0.337 e. The van der Waals surface area contributed by atoms with Crippen LogP contribution in [0.2, 0.25) is 0 Å². The number of esters is 1. The van der Waals surface area contributed by atoms with Crippen LogP contribution in [0, 0.1) is 0 Å². The Morgan fingerprint density at radius 3 is 2.93 bits per heavy atom. The molecule has 1 aromatic carbocycles. The average Bonchev–Trinajstić information content (AvgIpc) is 2.25. The lowest BCUT2D eigenvalue weighted by atomic mass is 10.2. The zero-order valence-electron chi connectivity index (χ0n) is 8.86. The van der Waals surface area contributed by atoms with Crippen LogP contribution >= 0.6 is 0 Å². The van der Waals surface area contributed by atoms with Gasteiger partial charge in [-0.1, -0.05) is 6.07 Å². The van der Waals surface area contributed by atoms with Crippen molar-refractivity contribution in [3.05, 3.63) is 29.8 Å². The predicted molar refractivity (Wildman–Crippen MR) is 58.0 cm³/mol. The molecule has 0 heterocycles. The Hall–Kier alpha value is -1.55. The fourth-order valence-corrected chi connectivity index (χ4v) is 1.14. The minimum absolute atomic E-state index is 0.365. The largest absolute Gasteiger partial charge is 0.465 e. The summed E-state index contributed by atoms with van der Waals surface area (Å²) in [6.45, 7) is 2.14. The summed E-state index contributed by atoms with van der Waals surface area (Å²) in [4.78, 5) is 11.2. The van der Waals surface area contributed by atoms with Gasteiger partial charge in [-0.25, -0.2) is 4.79 Å². The Balaban J connectivity index is 2.70. The maximum atomic E-state index is 11.2. The van der Waals surface area contributed by atoms with E-state index in [2.05, 4.69) is 10.1 Å². The summed E-state index contributed by atoms with van der Waals surface area (Å²) in [5, 5.41) is 12.1. The molecule has 2 N–H and O–H groups in total. The van der Waals surface area contributed by atoms with Crippen LogP contribution in [0.4, 0.5) is 5.69 Å². The SMILES string of the molecule is COC(=O)c1cccc(NCC(C)O)c1. The molecule has 0 aliphatic rings. The molecule has 0 amide bonds. The molecule has 0 spiro atoms. The third-order valence-electron chi connectivity index (χ3n) is 1.89. The normalized spacial score (nSPS) is 11.9. The molecule has 1 aromatic rings. The van der Waals surface area contributed by atoms with Gasteiger partial charge in [0.25, 0.3) is 0 Å². The lowest BCUT2D eigenvalue weighted by Gasteiger charge is -2.09. The molecule has 1 unspecified atom stereocenters. The molecule has 15 heavy (non-hydrogen) atoms. The van der Waals surface area contributed by atoms with Crippen molar-refractivity contribution in [1.29, 1.82) is 0 Å². The Bertz CT molecular complexity index is 336. The standard InChI is InChI=1S/C11H15NO3/c1-8(13)7-12-10-5-3-4-9(6-10)11(14)15-2/h3-6,8,12-13H,7H2,1-2H3. The Morgan fingerprint density at radius 1 is 1.60 bits per heavy atom. The van der Waals surface area contributed by atoms with Crippen LogP contribution in [-0.2, 0) is 4.74 Å². The zero-order chi connectivity index (χ0) is 11.3. The van der Waals surface area contributed by atoms with Crippen molar-refractivity contribution in [3.63, 3.8) is 0 Å². The summed E-state index contributed by atoms with van der Waals surface area (Å²) in [5.74, 6) is -0.365. The molecule has 1 rings (SSSR count). The molecular formula is C11H15NO3. The van der Waals surface area contributed by atoms with E-state index in [0.717, 1.165) is 5.69 Å². The first-order valence-corrected chi connectivity index (χ1v) is 4.74. The summed E-state index contributed by atoms with van der Waals surface area (Å²) < 4.78 is 4.60. The third-order valence-corrected chi connectivity index (χ3v) is 1.89. The van der Waals surface area contributed by atoms with Crippen molar-refractivity contribution in [3.8, 4) is 0 Å². The van der Waals surface area contributed by atoms with Gasteiger partial charge in [-0.2, -0.15) is 0 Å². The highest BCUT2D eigenvalue weighted by atomic mass is 16.5. The minimum Gasteiger partial charge on any atom is -0.465 e. The summed E-state index contributed by atoms with van der Waals surface area (Å²) >= 11 is 0. The second-order valence-electron chi connectivity index (χ2n) is 3.30. The van der Waals surface area contributed by atoms with Gasteiger partial charge in [-0.05, 0) is 25.1 Å². The molecular weight excluding hydrogens is 194 g/mol. The molecule has 0 radical (unpaired) electrons. The Morgan fingerprint density at radius 2 is 2.33 bits per heavy atom. The number of anilines is 1. The van der Waals surface area contributed by atoms with Crippen molar-refractivity contribution in [2.24, 2.45) is 0 Å². The molecule has 4 nitrogen and oxygen atoms in total. The second kappa shape index (κ2) is 5.36. The number of aliphatic hydroxyl groups is 1. The van der Waals surface area contributed by atoms with Crippen LogP contribution in [0.25, 0.3) is 0 Å². The zero-order valence-corrected chi connectivity index (χ0v) is 8.86. The van der Waals surface area contributed by atoms with E-state index in [-0.39, 0.29) is 5.97 Å². The Kier molecular flexibility index (Phi) is 4.12. The number of hydrogen-bond donors (Lipinski definition) is 2. The van der Waals surface area contributed by atoms with Crippen molar-refractivity contribution in [1.82, 2.24) is 0 Å². The number of ether oxygens (including phenoxy) is 1. The van der Waals surface area contributed by atoms with Gasteiger partial charge in [-0.15, -0.1) is 0 Å². The van der Waals surface area contributed by atoms with Gasteiger partial charge in [0.15, 0.2) is 0 Å². The van der Waals surface area contributed by atoms with Gasteiger partial charge < -0.3 is 15.2 Å². The molecule has 0 fully saturated rings. The predicted octanol–water partition coefficient (Wildman–Crippen LogP) is 1.27. The highest BCUT2D eigenvalue weighted by Gasteiger charge is 2.05. The molecule has 0 saturated heterocycles. The Labute approximate surface area is 88.9 Å². The highest BCUT2D eigenvalue weighted by molar-refractivity contribution is 5.90. The van der Waals surface area contributed by atoms with Crippen LogP contribution in [-0.4, -0.2) is 30.8 Å². The third kappa shape index (κ3) is 3.59. The number of carbonyl (C=O) groups is 1. The summed E-state index contributed by atoms with van der Waals surface area (Å²) in [7, 11) is 1.35. The fraction of sp³-hybridized carbons (Fsp3) is 0.364. The first-order chi connectivity index (χ1) is 7.13. The quantitative estimate of drug-likeness (QED) is 0.733. The van der Waals surface area contributed by atoms with Crippen molar-refractivity contribution >= 4 is 11.7 Å². The first kappa shape index (κ1) is 11.5. The van der Waals surface area contributed by atoms with E-state index in [1.54, 1.807) is 25.1 Å². The maximum Gasteiger partial charge on any atom is 0.337 e. The minimum atomic E-state index is -0.424. The van der Waals surface area contributed by atoms with E-state index in [0.29, 0.717) is 12.1 Å². The summed E-state index contributed by atoms with van der Waals surface area (Å²) in [6, 6.07) is 6.96. The summed E-state index contributed by atoms with van der Waals surface area (Å²) in [6.07, 6.45) is -0.424. The number of nitrogens with one attached hydrogen (secondary N) is 1. The van der Waals surface area contributed by atoms with Gasteiger partial charge in [0.2, 0.25) is 0 Å². The van der Waals surface area contributed by atoms with Gasteiger partial charge in [0.1, 0.15) is 0 Å². The monoisotopic (exact) mass is 209 g/mol. The van der Waals surface area contributed by atoms with E-state index >= 15 is 0 Å². The van der Waals surface area contributed by atoms with E-state index < -0.39 is 6.10 Å². The van der Waals surface area contributed by atoms with Gasteiger partial charge >= 0.3 is 5.97 Å². The van der Waals surface area contributed by atoms with Gasteiger partial charge in [0, 0.05) is 12.2 Å². The number of rotatable bonds is 4. The van der Waals surface area contributed by atoms with E-state index in [1.165, 1.54) is 7.11 Å². The first-order valence-electron chi connectivity index (χ1n) is 4.74. The average molecular weight is 209 g/mol. The number of methoxy groups -OCH3 is 1. The van der Waals surface area contributed by atoms with Gasteiger partial charge in [-0.3, -0.25) is 0 Å². The second-order valence-corrected chi connectivity index (χ2v) is 3.30. The van der Waals surface area contributed by atoms with Crippen LogP contribution in [0.15, 0.2) is 24.3 Å². The number of carbonyl (C=O) groups excluding carboxylic acids is 1. The molecule has 0 bridgehead atoms. The fourth-order valence-electron chi connectivity index (χ4n) is 1.14. The van der Waals surface area contributed by atoms with Crippen molar-refractivity contribution in [2.45, 2.75) is 13.0 Å². The van der Waals surface area contributed by atoms with Crippen LogP contribution in [0.5, 0.6) is 0 Å². The number of benzene rings is 1. The molecule has 0 aliphatic carbocycles. The number of hydrogen-bond acceptors (Lipinski definition) is 4. The van der Waals surface area contributed by atoms with Gasteiger partial charge in [0.05, 0.1) is 18.8 Å². The molecule has 1 atom stereocenters.